The Morgan fingerprint density at radius 1 is 1.18 bits per heavy atom. The Bertz CT molecular complexity index is 1260. The number of benzene rings is 2. The number of likely N-dealkylation sites (tertiary alicyclic amines) is 1. The molecule has 0 saturated carbocycles. The van der Waals surface area contributed by atoms with Crippen LogP contribution in [-0.2, 0) is 22.7 Å². The third-order valence-electron chi connectivity index (χ3n) is 6.30. The lowest BCUT2D eigenvalue weighted by atomic mass is 10.1. The van der Waals surface area contributed by atoms with Crippen LogP contribution < -0.4 is 11.1 Å². The number of Topliss-reactive ketones (excluding diaryl/α,β-unsaturated/α-hetero) is 1. The first-order valence-electron chi connectivity index (χ1n) is 11.1. The molecule has 0 spiro atoms. The van der Waals surface area contributed by atoms with Gasteiger partial charge in [0.2, 0.25) is 11.8 Å². The van der Waals surface area contributed by atoms with Gasteiger partial charge in [-0.25, -0.2) is 4.39 Å². The third kappa shape index (κ3) is 4.69. The van der Waals surface area contributed by atoms with E-state index >= 15 is 0 Å². The molecule has 7 nitrogen and oxygen atoms in total. The molecule has 0 aliphatic carbocycles. The van der Waals surface area contributed by atoms with E-state index in [4.69, 9.17) is 17.3 Å². The fourth-order valence-corrected chi connectivity index (χ4v) is 4.69. The predicted octanol–water partition coefficient (Wildman–Crippen LogP) is 3.13. The second kappa shape index (κ2) is 9.95. The standard InChI is InChI=1S/C25H26ClFN4O3/c1-15(32)19-13-30(21-8-3-2-6-18(19)21)14-23(33)31-12-16(10-28)9-22(31)25(34)29-11-17-5-4-7-20(26)24(17)27/h2-8,13,16,22H,9-12,14,28H2,1H3,(H,29,34)/t16-,22+/m1/s1. The average molecular weight is 485 g/mol. The zero-order chi connectivity index (χ0) is 24.4. The van der Waals surface area contributed by atoms with Crippen LogP contribution in [0, 0.1) is 11.7 Å². The number of nitrogens with zero attached hydrogens (tertiary/aromatic N) is 2. The molecule has 1 saturated heterocycles. The minimum Gasteiger partial charge on any atom is -0.350 e. The Morgan fingerprint density at radius 3 is 2.68 bits per heavy atom. The molecular weight excluding hydrogens is 459 g/mol. The van der Waals surface area contributed by atoms with E-state index < -0.39 is 11.9 Å². The van der Waals surface area contributed by atoms with Crippen LogP contribution in [0.1, 0.15) is 29.3 Å². The largest absolute Gasteiger partial charge is 0.350 e. The second-order valence-electron chi connectivity index (χ2n) is 8.57. The highest BCUT2D eigenvalue weighted by Gasteiger charge is 2.39. The molecule has 0 radical (unpaired) electrons. The van der Waals surface area contributed by atoms with E-state index in [2.05, 4.69) is 5.32 Å². The summed E-state index contributed by atoms with van der Waals surface area (Å²) < 4.78 is 15.9. The molecule has 1 aliphatic heterocycles. The number of nitrogens with two attached hydrogens (primary N) is 1. The SMILES string of the molecule is CC(=O)c1cn(CC(=O)N2C[C@@H](CN)C[C@H]2C(=O)NCc2cccc(Cl)c2F)c2ccccc12. The zero-order valence-corrected chi connectivity index (χ0v) is 19.5. The second-order valence-corrected chi connectivity index (χ2v) is 8.98. The molecule has 3 aromatic rings. The highest BCUT2D eigenvalue weighted by molar-refractivity contribution is 6.30. The minimum atomic E-state index is -0.711. The van der Waals surface area contributed by atoms with Crippen LogP contribution in [0.5, 0.6) is 0 Å². The van der Waals surface area contributed by atoms with Crippen molar-refractivity contribution in [1.82, 2.24) is 14.8 Å². The topological polar surface area (TPSA) is 97.4 Å². The van der Waals surface area contributed by atoms with Crippen LogP contribution in [0.2, 0.25) is 5.02 Å². The Kier molecular flexibility index (Phi) is 7.00. The van der Waals surface area contributed by atoms with Gasteiger partial charge in [0.1, 0.15) is 18.4 Å². The van der Waals surface area contributed by atoms with Crippen LogP contribution >= 0.6 is 11.6 Å². The van der Waals surface area contributed by atoms with Crippen molar-refractivity contribution in [2.24, 2.45) is 11.7 Å². The van der Waals surface area contributed by atoms with Gasteiger partial charge in [0, 0.05) is 41.3 Å². The molecule has 4 rings (SSSR count). The van der Waals surface area contributed by atoms with E-state index in [1.807, 2.05) is 24.3 Å². The number of rotatable bonds is 7. The van der Waals surface area contributed by atoms with E-state index in [1.165, 1.54) is 17.9 Å². The van der Waals surface area contributed by atoms with Crippen molar-refractivity contribution >= 4 is 40.1 Å². The summed E-state index contributed by atoms with van der Waals surface area (Å²) in [5.74, 6) is -1.30. The van der Waals surface area contributed by atoms with Crippen molar-refractivity contribution in [3.63, 3.8) is 0 Å². The lowest BCUT2D eigenvalue weighted by Crippen LogP contribution is -2.46. The fraction of sp³-hybridized carbons (Fsp3) is 0.320. The summed E-state index contributed by atoms with van der Waals surface area (Å²) in [6.45, 7) is 2.14. The molecule has 2 atom stereocenters. The summed E-state index contributed by atoms with van der Waals surface area (Å²) in [5, 5.41) is 3.49. The molecule has 3 N–H and O–H groups in total. The van der Waals surface area contributed by atoms with Crippen LogP contribution in [0.25, 0.3) is 10.9 Å². The molecular formula is C25H26ClFN4O3. The normalized spacial score (nSPS) is 17.8. The third-order valence-corrected chi connectivity index (χ3v) is 6.59. The Balaban J connectivity index is 1.52. The lowest BCUT2D eigenvalue weighted by Gasteiger charge is -2.24. The molecule has 0 unspecified atom stereocenters. The average Bonchev–Trinajstić information content (AvgIpc) is 3.42. The van der Waals surface area contributed by atoms with Gasteiger partial charge in [0.25, 0.3) is 0 Å². The van der Waals surface area contributed by atoms with Crippen molar-refractivity contribution < 1.29 is 18.8 Å². The van der Waals surface area contributed by atoms with E-state index in [9.17, 15) is 18.8 Å². The summed E-state index contributed by atoms with van der Waals surface area (Å²) in [6.07, 6.45) is 2.11. The number of hydrogen-bond acceptors (Lipinski definition) is 4. The quantitative estimate of drug-likeness (QED) is 0.503. The van der Waals surface area contributed by atoms with Crippen molar-refractivity contribution in [3.05, 3.63) is 70.6 Å². The van der Waals surface area contributed by atoms with Gasteiger partial charge < -0.3 is 20.5 Å². The van der Waals surface area contributed by atoms with Crippen molar-refractivity contribution in [1.29, 1.82) is 0 Å². The number of carbonyl (C=O) groups is 3. The molecule has 2 aromatic carbocycles. The van der Waals surface area contributed by atoms with Crippen molar-refractivity contribution in [2.45, 2.75) is 32.5 Å². The molecule has 0 bridgehead atoms. The number of carbonyl (C=O) groups excluding carboxylic acids is 3. The van der Waals surface area contributed by atoms with Gasteiger partial charge in [0.05, 0.1) is 5.02 Å². The van der Waals surface area contributed by atoms with Crippen molar-refractivity contribution in [2.75, 3.05) is 13.1 Å². The lowest BCUT2D eigenvalue weighted by molar-refractivity contribution is -0.138. The van der Waals surface area contributed by atoms with Gasteiger partial charge in [-0.3, -0.25) is 14.4 Å². The van der Waals surface area contributed by atoms with E-state index in [1.54, 1.807) is 22.9 Å². The number of fused-ring (bicyclic) bond motifs is 1. The number of ketones is 1. The molecule has 9 heteroatoms. The van der Waals surface area contributed by atoms with E-state index in [0.717, 1.165) is 10.9 Å². The molecule has 2 amide bonds. The summed E-state index contributed by atoms with van der Waals surface area (Å²) in [6, 6.07) is 11.3. The van der Waals surface area contributed by atoms with Gasteiger partial charge >= 0.3 is 0 Å². The summed E-state index contributed by atoms with van der Waals surface area (Å²) in [5.41, 5.74) is 7.43. The Morgan fingerprint density at radius 2 is 1.94 bits per heavy atom. The molecule has 1 aromatic heterocycles. The van der Waals surface area contributed by atoms with Gasteiger partial charge in [-0.1, -0.05) is 41.9 Å². The van der Waals surface area contributed by atoms with Crippen LogP contribution in [0.3, 0.4) is 0 Å². The first-order valence-corrected chi connectivity index (χ1v) is 11.5. The number of nitrogens with one attached hydrogen (secondary N) is 1. The molecule has 1 aliphatic rings. The molecule has 1 fully saturated rings. The Labute approximate surface area is 201 Å². The van der Waals surface area contributed by atoms with Gasteiger partial charge in [-0.05, 0) is 37.9 Å². The molecule has 34 heavy (non-hydrogen) atoms. The summed E-state index contributed by atoms with van der Waals surface area (Å²) in [7, 11) is 0. The predicted molar refractivity (Wildman–Crippen MR) is 128 cm³/mol. The maximum Gasteiger partial charge on any atom is 0.243 e. The summed E-state index contributed by atoms with van der Waals surface area (Å²) in [4.78, 5) is 39.9. The highest BCUT2D eigenvalue weighted by Crippen LogP contribution is 2.26. The first-order chi connectivity index (χ1) is 16.3. The minimum absolute atomic E-state index is 0.0161. The number of halogens is 2. The fourth-order valence-electron chi connectivity index (χ4n) is 4.50. The van der Waals surface area contributed by atoms with Crippen LogP contribution in [-0.4, -0.2) is 46.2 Å². The highest BCUT2D eigenvalue weighted by atomic mass is 35.5. The Hall–Kier alpha value is -3.23. The van der Waals surface area contributed by atoms with Crippen LogP contribution in [0.4, 0.5) is 4.39 Å². The van der Waals surface area contributed by atoms with Gasteiger partial charge in [-0.15, -0.1) is 0 Å². The van der Waals surface area contributed by atoms with E-state index in [0.29, 0.717) is 25.1 Å². The van der Waals surface area contributed by atoms with Gasteiger partial charge in [0.15, 0.2) is 5.78 Å². The maximum atomic E-state index is 14.2. The smallest absolute Gasteiger partial charge is 0.243 e. The zero-order valence-electron chi connectivity index (χ0n) is 18.8. The van der Waals surface area contributed by atoms with Crippen molar-refractivity contribution in [3.8, 4) is 0 Å². The number of para-hydroxylation sites is 1. The number of aromatic nitrogens is 1. The van der Waals surface area contributed by atoms with Gasteiger partial charge in [-0.2, -0.15) is 0 Å². The monoisotopic (exact) mass is 484 g/mol. The molecule has 178 valence electrons. The van der Waals surface area contributed by atoms with Crippen LogP contribution in [0.15, 0.2) is 48.7 Å². The number of amides is 2. The summed E-state index contributed by atoms with van der Waals surface area (Å²) >= 11 is 5.82. The maximum absolute atomic E-state index is 14.2. The first kappa shape index (κ1) is 23.9. The number of hydrogen-bond donors (Lipinski definition) is 2. The molecule has 2 heterocycles. The van der Waals surface area contributed by atoms with E-state index in [-0.39, 0.29) is 47.2 Å².